The minimum absolute atomic E-state index is 0. The van der Waals surface area contributed by atoms with Crippen LogP contribution in [0.2, 0.25) is 4.34 Å². The van der Waals surface area contributed by atoms with E-state index in [0.717, 1.165) is 42.5 Å². The van der Waals surface area contributed by atoms with Gasteiger partial charge in [0.1, 0.15) is 0 Å². The minimum Gasteiger partial charge on any atom is -0.355 e. The average Bonchev–Trinajstić information content (AvgIpc) is 3.17. The summed E-state index contributed by atoms with van der Waals surface area (Å²) in [4.78, 5) is 22.0. The molecule has 1 amide bonds. The number of aliphatic imine (C=N–C) groups is 1. The van der Waals surface area contributed by atoms with Crippen LogP contribution in [0.15, 0.2) is 17.1 Å². The van der Waals surface area contributed by atoms with Gasteiger partial charge in [0.25, 0.3) is 0 Å². The first-order valence-electron chi connectivity index (χ1n) is 8.26. The molecule has 8 heteroatoms. The molecule has 142 valence electrons. The van der Waals surface area contributed by atoms with E-state index in [-0.39, 0.29) is 35.3 Å². The standard InChI is InChI=1S/C17H27ClN4OS.HI/c1-19-16(22(4)11-13-7-8-14(18)24-13)20-12-17(9-5-6-10-17)15(23)21(2)3;/h7-8H,5-6,9-12H2,1-4H3,(H,19,20);1H. The van der Waals surface area contributed by atoms with Gasteiger partial charge in [0.2, 0.25) is 5.91 Å². The Morgan fingerprint density at radius 1 is 1.32 bits per heavy atom. The van der Waals surface area contributed by atoms with Gasteiger partial charge in [-0.1, -0.05) is 24.4 Å². The van der Waals surface area contributed by atoms with Crippen LogP contribution < -0.4 is 5.32 Å². The summed E-state index contributed by atoms with van der Waals surface area (Å²) in [6.07, 6.45) is 4.11. The third-order valence-corrected chi connectivity index (χ3v) is 5.82. The van der Waals surface area contributed by atoms with Gasteiger partial charge in [0.15, 0.2) is 5.96 Å². The van der Waals surface area contributed by atoms with Gasteiger partial charge in [-0.05, 0) is 25.0 Å². The van der Waals surface area contributed by atoms with Crippen molar-refractivity contribution in [1.29, 1.82) is 0 Å². The van der Waals surface area contributed by atoms with Gasteiger partial charge in [-0.2, -0.15) is 0 Å². The van der Waals surface area contributed by atoms with Gasteiger partial charge in [0.05, 0.1) is 16.3 Å². The van der Waals surface area contributed by atoms with Crippen molar-refractivity contribution >= 4 is 58.8 Å². The monoisotopic (exact) mass is 498 g/mol. The van der Waals surface area contributed by atoms with E-state index in [9.17, 15) is 4.79 Å². The lowest BCUT2D eigenvalue weighted by Crippen LogP contribution is -2.49. The maximum Gasteiger partial charge on any atom is 0.230 e. The summed E-state index contributed by atoms with van der Waals surface area (Å²) in [6.45, 7) is 1.37. The SMILES string of the molecule is CN=C(NCC1(C(=O)N(C)C)CCCC1)N(C)Cc1ccc(Cl)s1.I. The number of hydrogen-bond donors (Lipinski definition) is 1. The smallest absolute Gasteiger partial charge is 0.230 e. The van der Waals surface area contributed by atoms with Crippen molar-refractivity contribution in [2.24, 2.45) is 10.4 Å². The van der Waals surface area contributed by atoms with Crippen LogP contribution >= 0.6 is 46.9 Å². The van der Waals surface area contributed by atoms with Crippen LogP contribution in [0, 0.1) is 5.41 Å². The normalized spacial score (nSPS) is 16.3. The maximum atomic E-state index is 12.7. The molecule has 1 aromatic heterocycles. The summed E-state index contributed by atoms with van der Waals surface area (Å²) in [6, 6.07) is 3.94. The van der Waals surface area contributed by atoms with Gasteiger partial charge < -0.3 is 15.1 Å². The lowest BCUT2D eigenvalue weighted by Gasteiger charge is -2.32. The van der Waals surface area contributed by atoms with Crippen LogP contribution in [-0.4, -0.2) is 56.4 Å². The molecule has 1 N–H and O–H groups in total. The highest BCUT2D eigenvalue weighted by Crippen LogP contribution is 2.39. The van der Waals surface area contributed by atoms with Crippen LogP contribution in [0.1, 0.15) is 30.6 Å². The van der Waals surface area contributed by atoms with Crippen molar-refractivity contribution in [2.45, 2.75) is 32.2 Å². The second-order valence-corrected chi connectivity index (χ2v) is 8.45. The second-order valence-electron chi connectivity index (χ2n) is 6.65. The topological polar surface area (TPSA) is 47.9 Å². The molecule has 1 fully saturated rings. The molecule has 25 heavy (non-hydrogen) atoms. The molecule has 0 unspecified atom stereocenters. The Balaban J connectivity index is 0.00000312. The van der Waals surface area contributed by atoms with Crippen LogP contribution in [0.5, 0.6) is 0 Å². The number of hydrogen-bond acceptors (Lipinski definition) is 3. The minimum atomic E-state index is -0.299. The van der Waals surface area contributed by atoms with E-state index in [1.54, 1.807) is 23.3 Å². The molecule has 0 saturated heterocycles. The van der Waals surface area contributed by atoms with E-state index < -0.39 is 0 Å². The van der Waals surface area contributed by atoms with Crippen LogP contribution in [0.25, 0.3) is 0 Å². The van der Waals surface area contributed by atoms with E-state index in [1.165, 1.54) is 4.88 Å². The lowest BCUT2D eigenvalue weighted by atomic mass is 9.84. The van der Waals surface area contributed by atoms with Crippen molar-refractivity contribution in [3.8, 4) is 0 Å². The molecule has 1 aromatic rings. The summed E-state index contributed by atoms with van der Waals surface area (Å²) in [7, 11) is 7.45. The molecule has 0 bridgehead atoms. The van der Waals surface area contributed by atoms with Gasteiger partial charge >= 0.3 is 0 Å². The summed E-state index contributed by atoms with van der Waals surface area (Å²) in [5.41, 5.74) is -0.299. The van der Waals surface area contributed by atoms with E-state index in [2.05, 4.69) is 15.2 Å². The zero-order chi connectivity index (χ0) is 17.7. The Morgan fingerprint density at radius 3 is 2.44 bits per heavy atom. The molecule has 1 heterocycles. The van der Waals surface area contributed by atoms with Crippen LogP contribution in [0.3, 0.4) is 0 Å². The number of carbonyl (C=O) groups is 1. The summed E-state index contributed by atoms with van der Waals surface area (Å²) in [5.74, 6) is 1.02. The molecule has 2 rings (SSSR count). The van der Waals surface area contributed by atoms with Gasteiger partial charge in [-0.25, -0.2) is 0 Å². The Morgan fingerprint density at radius 2 is 1.96 bits per heavy atom. The lowest BCUT2D eigenvalue weighted by molar-refractivity contribution is -0.138. The first-order chi connectivity index (χ1) is 11.4. The number of guanidine groups is 1. The van der Waals surface area contributed by atoms with Gasteiger partial charge in [-0.3, -0.25) is 9.79 Å². The van der Waals surface area contributed by atoms with Crippen LogP contribution in [-0.2, 0) is 11.3 Å². The number of amides is 1. The van der Waals surface area contributed by atoms with Crippen molar-refractivity contribution in [3.05, 3.63) is 21.3 Å². The molecule has 0 aliphatic heterocycles. The fourth-order valence-corrected chi connectivity index (χ4v) is 4.51. The Bertz CT molecular complexity index is 599. The zero-order valence-electron chi connectivity index (χ0n) is 15.3. The van der Waals surface area contributed by atoms with E-state index in [0.29, 0.717) is 6.54 Å². The predicted octanol–water partition coefficient (Wildman–Crippen LogP) is 3.68. The quantitative estimate of drug-likeness (QED) is 0.383. The summed E-state index contributed by atoms with van der Waals surface area (Å²) in [5, 5.41) is 3.41. The van der Waals surface area contributed by atoms with Crippen LogP contribution in [0.4, 0.5) is 0 Å². The third-order valence-electron chi connectivity index (χ3n) is 4.60. The largest absolute Gasteiger partial charge is 0.355 e. The molecule has 0 spiro atoms. The number of thiophene rings is 1. The molecule has 0 atom stereocenters. The van der Waals surface area contributed by atoms with Crippen molar-refractivity contribution < 1.29 is 4.79 Å². The predicted molar refractivity (Wildman–Crippen MR) is 117 cm³/mol. The number of rotatable bonds is 5. The zero-order valence-corrected chi connectivity index (χ0v) is 19.2. The Labute approximate surface area is 176 Å². The van der Waals surface area contributed by atoms with Crippen molar-refractivity contribution in [2.75, 3.05) is 34.7 Å². The molecule has 1 aliphatic carbocycles. The average molecular weight is 499 g/mol. The molecule has 0 aromatic carbocycles. The Hall–Kier alpha value is -0.540. The summed E-state index contributed by atoms with van der Waals surface area (Å²) >= 11 is 7.57. The van der Waals surface area contributed by atoms with E-state index in [1.807, 2.05) is 33.3 Å². The molecule has 5 nitrogen and oxygen atoms in total. The van der Waals surface area contributed by atoms with E-state index in [4.69, 9.17) is 11.6 Å². The molecule has 0 radical (unpaired) electrons. The number of nitrogens with zero attached hydrogens (tertiary/aromatic N) is 3. The number of halogens is 2. The number of nitrogens with one attached hydrogen (secondary N) is 1. The highest BCUT2D eigenvalue weighted by atomic mass is 127. The Kier molecular flexibility index (Phi) is 8.97. The number of carbonyl (C=O) groups excluding carboxylic acids is 1. The summed E-state index contributed by atoms with van der Waals surface area (Å²) < 4.78 is 0.794. The highest BCUT2D eigenvalue weighted by Gasteiger charge is 2.42. The fraction of sp³-hybridized carbons (Fsp3) is 0.647. The molecule has 1 aliphatic rings. The van der Waals surface area contributed by atoms with Crippen molar-refractivity contribution in [3.63, 3.8) is 0 Å². The molecular weight excluding hydrogens is 471 g/mol. The van der Waals surface area contributed by atoms with Gasteiger partial charge in [-0.15, -0.1) is 35.3 Å². The molecular formula is C17H28ClIN4OS. The first kappa shape index (κ1) is 22.5. The van der Waals surface area contributed by atoms with Crippen molar-refractivity contribution in [1.82, 2.24) is 15.1 Å². The third kappa shape index (κ3) is 5.72. The second kappa shape index (κ2) is 9.97. The molecule has 1 saturated carbocycles. The first-order valence-corrected chi connectivity index (χ1v) is 9.45. The highest BCUT2D eigenvalue weighted by molar-refractivity contribution is 14.0. The van der Waals surface area contributed by atoms with E-state index >= 15 is 0 Å². The maximum absolute atomic E-state index is 12.7. The van der Waals surface area contributed by atoms with Gasteiger partial charge in [0, 0.05) is 39.6 Å². The fourth-order valence-electron chi connectivity index (χ4n) is 3.37.